The summed E-state index contributed by atoms with van der Waals surface area (Å²) in [5.41, 5.74) is 0. The van der Waals surface area contributed by atoms with Crippen LogP contribution in [0.4, 0.5) is 5.82 Å². The molecule has 4 nitrogen and oxygen atoms in total. The minimum atomic E-state index is 0.145. The molecule has 0 aromatic carbocycles. The van der Waals surface area contributed by atoms with Crippen LogP contribution in [0.1, 0.15) is 20.3 Å². The van der Waals surface area contributed by atoms with Gasteiger partial charge in [0.15, 0.2) is 0 Å². The van der Waals surface area contributed by atoms with Crippen LogP contribution < -0.4 is 5.32 Å². The number of hydrogen-bond donors (Lipinski definition) is 2. The van der Waals surface area contributed by atoms with Crippen molar-refractivity contribution >= 4 is 33.3 Å². The van der Waals surface area contributed by atoms with Crippen molar-refractivity contribution in [3.8, 4) is 0 Å². The largest absolute Gasteiger partial charge is 0.396 e. The second-order valence-electron chi connectivity index (χ2n) is 3.84. The molecule has 0 aliphatic rings. The van der Waals surface area contributed by atoms with Gasteiger partial charge in [0.25, 0.3) is 0 Å². The number of aromatic nitrogens is 2. The Bertz CT molecular complexity index is 349. The molecule has 1 heterocycles. The van der Waals surface area contributed by atoms with Crippen molar-refractivity contribution in [3.63, 3.8) is 0 Å². The zero-order valence-electron chi connectivity index (χ0n) is 9.24. The first-order chi connectivity index (χ1) is 7.54. The summed E-state index contributed by atoms with van der Waals surface area (Å²) in [6, 6.07) is 0.160. The minimum Gasteiger partial charge on any atom is -0.396 e. The zero-order chi connectivity index (χ0) is 12.1. The normalized spacial score (nSPS) is 12.9. The highest BCUT2D eigenvalue weighted by atomic mass is 79.9. The van der Waals surface area contributed by atoms with Crippen LogP contribution >= 0.6 is 27.5 Å². The van der Waals surface area contributed by atoms with Crippen molar-refractivity contribution in [3.05, 3.63) is 16.0 Å². The van der Waals surface area contributed by atoms with E-state index in [9.17, 15) is 0 Å². The number of rotatable bonds is 5. The molecule has 1 aromatic heterocycles. The number of hydrogen-bond acceptors (Lipinski definition) is 4. The summed E-state index contributed by atoms with van der Waals surface area (Å²) < 4.78 is 0.764. The van der Waals surface area contributed by atoms with E-state index in [4.69, 9.17) is 16.7 Å². The molecule has 16 heavy (non-hydrogen) atoms. The Morgan fingerprint density at radius 2 is 2.25 bits per heavy atom. The molecular weight excluding hydrogens is 293 g/mol. The van der Waals surface area contributed by atoms with Crippen LogP contribution in [0.15, 0.2) is 10.7 Å². The fourth-order valence-corrected chi connectivity index (χ4v) is 1.77. The van der Waals surface area contributed by atoms with E-state index in [1.54, 1.807) is 6.20 Å². The molecule has 1 rings (SSSR count). The zero-order valence-corrected chi connectivity index (χ0v) is 11.6. The molecule has 0 radical (unpaired) electrons. The third-order valence-corrected chi connectivity index (χ3v) is 3.04. The van der Waals surface area contributed by atoms with Crippen molar-refractivity contribution in [2.24, 2.45) is 5.92 Å². The Hall–Kier alpha value is -0.390. The highest BCUT2D eigenvalue weighted by Gasteiger charge is 2.15. The fourth-order valence-electron chi connectivity index (χ4n) is 1.33. The van der Waals surface area contributed by atoms with Gasteiger partial charge in [-0.1, -0.05) is 13.8 Å². The second kappa shape index (κ2) is 6.37. The lowest BCUT2D eigenvalue weighted by atomic mass is 10.0. The van der Waals surface area contributed by atoms with Crippen LogP contribution in [0.25, 0.3) is 0 Å². The number of nitrogens with zero attached hydrogens (tertiary/aromatic N) is 2. The molecule has 0 saturated heterocycles. The van der Waals surface area contributed by atoms with E-state index in [2.05, 4.69) is 45.1 Å². The van der Waals surface area contributed by atoms with Crippen LogP contribution in [-0.2, 0) is 0 Å². The molecule has 0 aliphatic carbocycles. The van der Waals surface area contributed by atoms with Crippen LogP contribution in [-0.4, -0.2) is 27.7 Å². The summed E-state index contributed by atoms with van der Waals surface area (Å²) in [5, 5.41) is 12.4. The van der Waals surface area contributed by atoms with Crippen LogP contribution in [0.5, 0.6) is 0 Å². The summed E-state index contributed by atoms with van der Waals surface area (Å²) in [5.74, 6) is 1.06. The summed E-state index contributed by atoms with van der Waals surface area (Å²) >= 11 is 9.07. The van der Waals surface area contributed by atoms with Gasteiger partial charge in [0.2, 0.25) is 5.28 Å². The van der Waals surface area contributed by atoms with Gasteiger partial charge in [-0.25, -0.2) is 4.98 Å². The molecule has 90 valence electrons. The lowest BCUT2D eigenvalue weighted by molar-refractivity contribution is 0.267. The van der Waals surface area contributed by atoms with Gasteiger partial charge in [-0.15, -0.1) is 0 Å². The maximum atomic E-state index is 8.98. The maximum Gasteiger partial charge on any atom is 0.224 e. The Labute approximate surface area is 109 Å². The van der Waals surface area contributed by atoms with Crippen LogP contribution in [0.3, 0.4) is 0 Å². The van der Waals surface area contributed by atoms with Crippen LogP contribution in [0, 0.1) is 5.92 Å². The Balaban J connectivity index is 2.80. The van der Waals surface area contributed by atoms with Crippen LogP contribution in [0.2, 0.25) is 5.28 Å². The summed E-state index contributed by atoms with van der Waals surface area (Å²) in [6.07, 6.45) is 2.28. The number of halogens is 2. The van der Waals surface area contributed by atoms with Crippen molar-refractivity contribution in [2.75, 3.05) is 11.9 Å². The van der Waals surface area contributed by atoms with Crippen molar-refractivity contribution in [1.29, 1.82) is 0 Å². The van der Waals surface area contributed by atoms with Gasteiger partial charge in [-0.05, 0) is 39.9 Å². The first-order valence-electron chi connectivity index (χ1n) is 5.10. The van der Waals surface area contributed by atoms with E-state index >= 15 is 0 Å². The van der Waals surface area contributed by atoms with Gasteiger partial charge in [0.1, 0.15) is 5.82 Å². The predicted molar refractivity (Wildman–Crippen MR) is 68.7 cm³/mol. The highest BCUT2D eigenvalue weighted by Crippen LogP contribution is 2.23. The summed E-state index contributed by atoms with van der Waals surface area (Å²) in [6.45, 7) is 4.32. The van der Waals surface area contributed by atoms with E-state index in [1.165, 1.54) is 0 Å². The van der Waals surface area contributed by atoms with Gasteiger partial charge >= 0.3 is 0 Å². The van der Waals surface area contributed by atoms with E-state index < -0.39 is 0 Å². The summed E-state index contributed by atoms with van der Waals surface area (Å²) in [7, 11) is 0. The molecule has 1 atom stereocenters. The van der Waals surface area contributed by atoms with Crippen molar-refractivity contribution in [2.45, 2.75) is 26.3 Å². The van der Waals surface area contributed by atoms with Crippen molar-refractivity contribution in [1.82, 2.24) is 9.97 Å². The third kappa shape index (κ3) is 3.88. The number of nitrogens with one attached hydrogen (secondary N) is 1. The monoisotopic (exact) mass is 307 g/mol. The Morgan fingerprint density at radius 1 is 1.56 bits per heavy atom. The van der Waals surface area contributed by atoms with Gasteiger partial charge < -0.3 is 10.4 Å². The molecule has 6 heteroatoms. The summed E-state index contributed by atoms with van der Waals surface area (Å²) in [4.78, 5) is 7.95. The molecule has 0 aliphatic heterocycles. The highest BCUT2D eigenvalue weighted by molar-refractivity contribution is 9.10. The number of aliphatic hydroxyl groups excluding tert-OH is 1. The number of aliphatic hydroxyl groups is 1. The second-order valence-corrected chi connectivity index (χ2v) is 5.04. The fraction of sp³-hybridized carbons (Fsp3) is 0.600. The lowest BCUT2D eigenvalue weighted by Crippen LogP contribution is -2.27. The average Bonchev–Trinajstić information content (AvgIpc) is 2.22. The lowest BCUT2D eigenvalue weighted by Gasteiger charge is -2.22. The van der Waals surface area contributed by atoms with E-state index in [-0.39, 0.29) is 17.9 Å². The predicted octanol–water partition coefficient (Wildman–Crippen LogP) is 2.71. The van der Waals surface area contributed by atoms with Crippen molar-refractivity contribution < 1.29 is 5.11 Å². The van der Waals surface area contributed by atoms with Gasteiger partial charge in [-0.2, -0.15) is 4.98 Å². The molecule has 2 N–H and O–H groups in total. The smallest absolute Gasteiger partial charge is 0.224 e. The topological polar surface area (TPSA) is 58.0 Å². The number of anilines is 1. The first-order valence-corrected chi connectivity index (χ1v) is 6.27. The standard InChI is InChI=1S/C10H15BrClN3O/c1-6(2)8(3-4-16)14-9-7(11)5-13-10(12)15-9/h5-6,8,16H,3-4H2,1-2H3,(H,13,14,15). The van der Waals surface area contributed by atoms with Gasteiger partial charge in [0, 0.05) is 18.8 Å². The molecular formula is C10H15BrClN3O. The molecule has 0 fully saturated rings. The molecule has 0 bridgehead atoms. The molecule has 1 aromatic rings. The molecule has 0 spiro atoms. The Morgan fingerprint density at radius 3 is 2.81 bits per heavy atom. The van der Waals surface area contributed by atoms with Gasteiger partial charge in [0.05, 0.1) is 4.47 Å². The molecule has 0 saturated carbocycles. The van der Waals surface area contributed by atoms with E-state index in [1.807, 2.05) is 0 Å². The van der Waals surface area contributed by atoms with E-state index in [0.717, 1.165) is 4.47 Å². The SMILES string of the molecule is CC(C)C(CCO)Nc1nc(Cl)ncc1Br. The molecule has 0 amide bonds. The maximum absolute atomic E-state index is 8.98. The quantitative estimate of drug-likeness (QED) is 0.821. The van der Waals surface area contributed by atoms with Gasteiger partial charge in [-0.3, -0.25) is 0 Å². The Kier molecular flexibility index (Phi) is 5.44. The third-order valence-electron chi connectivity index (χ3n) is 2.28. The van der Waals surface area contributed by atoms with E-state index in [0.29, 0.717) is 18.2 Å². The first kappa shape index (κ1) is 13.7. The minimum absolute atomic E-state index is 0.145. The molecule has 1 unspecified atom stereocenters. The average molecular weight is 309 g/mol.